The lowest BCUT2D eigenvalue weighted by Crippen LogP contribution is -2.22. The Bertz CT molecular complexity index is 733. The highest BCUT2D eigenvalue weighted by Gasteiger charge is 2.34. The molecule has 0 spiro atoms. The Morgan fingerprint density at radius 1 is 0.600 bits per heavy atom. The molecular formula is C22H23ClO2. The van der Waals surface area contributed by atoms with E-state index >= 15 is 0 Å². The second-order valence-electron chi connectivity index (χ2n) is 5.48. The molecule has 0 aliphatic heterocycles. The fraction of sp³-hybridized carbons (Fsp3) is 0.182. The first-order chi connectivity index (χ1) is 11.7. The molecule has 3 aromatic carbocycles. The largest absolute Gasteiger partial charge is 0.497 e. The third kappa shape index (κ3) is 3.64. The highest BCUT2D eigenvalue weighted by Crippen LogP contribution is 2.43. The van der Waals surface area contributed by atoms with E-state index in [4.69, 9.17) is 21.1 Å². The van der Waals surface area contributed by atoms with Crippen molar-refractivity contribution in [2.24, 2.45) is 0 Å². The number of rotatable bonds is 5. The third-order valence-corrected chi connectivity index (χ3v) is 4.80. The van der Waals surface area contributed by atoms with Gasteiger partial charge >= 0.3 is 0 Å². The van der Waals surface area contributed by atoms with E-state index < -0.39 is 4.87 Å². The van der Waals surface area contributed by atoms with E-state index in [2.05, 4.69) is 0 Å². The summed E-state index contributed by atoms with van der Waals surface area (Å²) in [4.78, 5) is -0.778. The van der Waals surface area contributed by atoms with Crippen LogP contribution in [0.25, 0.3) is 0 Å². The fourth-order valence-electron chi connectivity index (χ4n) is 2.81. The lowest BCUT2D eigenvalue weighted by molar-refractivity contribution is 0.414. The maximum absolute atomic E-state index is 7.22. The molecule has 0 saturated heterocycles. The second-order valence-corrected chi connectivity index (χ2v) is 6.05. The zero-order chi connectivity index (χ0) is 17.0. The summed E-state index contributed by atoms with van der Waals surface area (Å²) >= 11 is 7.22. The Balaban J connectivity index is 0.00000225. The minimum Gasteiger partial charge on any atom is -0.497 e. The van der Waals surface area contributed by atoms with E-state index in [9.17, 15) is 0 Å². The van der Waals surface area contributed by atoms with Crippen LogP contribution in [-0.4, -0.2) is 14.2 Å². The van der Waals surface area contributed by atoms with Gasteiger partial charge in [-0.15, -0.1) is 11.6 Å². The van der Waals surface area contributed by atoms with Crippen molar-refractivity contribution in [3.8, 4) is 11.5 Å². The summed E-state index contributed by atoms with van der Waals surface area (Å²) in [5.41, 5.74) is 2.99. The average Bonchev–Trinajstić information content (AvgIpc) is 2.68. The van der Waals surface area contributed by atoms with Crippen molar-refractivity contribution in [2.45, 2.75) is 12.3 Å². The quantitative estimate of drug-likeness (QED) is 0.421. The Labute approximate surface area is 155 Å². The van der Waals surface area contributed by atoms with Gasteiger partial charge in [-0.05, 0) is 41.0 Å². The maximum atomic E-state index is 7.22. The molecule has 0 aliphatic carbocycles. The van der Waals surface area contributed by atoms with Gasteiger partial charge in [0.05, 0.1) is 14.2 Å². The molecule has 2 nitrogen and oxygen atoms in total. The number of hydrogen-bond donors (Lipinski definition) is 0. The van der Waals surface area contributed by atoms with Crippen molar-refractivity contribution in [1.29, 1.82) is 0 Å². The van der Waals surface area contributed by atoms with Crippen LogP contribution in [-0.2, 0) is 4.87 Å². The monoisotopic (exact) mass is 354 g/mol. The van der Waals surface area contributed by atoms with Crippen LogP contribution in [0.1, 0.15) is 24.1 Å². The first kappa shape index (κ1) is 18.9. The normalized spacial score (nSPS) is 10.7. The Morgan fingerprint density at radius 2 is 0.960 bits per heavy atom. The van der Waals surface area contributed by atoms with Crippen molar-refractivity contribution in [2.75, 3.05) is 14.2 Å². The van der Waals surface area contributed by atoms with Gasteiger partial charge < -0.3 is 9.47 Å². The Kier molecular flexibility index (Phi) is 6.11. The molecule has 0 saturated carbocycles. The molecule has 0 unspecified atom stereocenters. The van der Waals surface area contributed by atoms with Gasteiger partial charge in [0.25, 0.3) is 0 Å². The minimum atomic E-state index is -0.778. The molecule has 25 heavy (non-hydrogen) atoms. The van der Waals surface area contributed by atoms with Crippen LogP contribution < -0.4 is 9.47 Å². The van der Waals surface area contributed by atoms with E-state index in [0.717, 1.165) is 28.2 Å². The summed E-state index contributed by atoms with van der Waals surface area (Å²) < 4.78 is 10.5. The lowest BCUT2D eigenvalue weighted by atomic mass is 9.84. The van der Waals surface area contributed by atoms with E-state index in [1.807, 2.05) is 78.9 Å². The SMILES string of the molecule is C.COc1ccc(C(Cl)(c2ccccc2)c2ccc(OC)cc2)cc1. The Hall–Kier alpha value is -2.45. The van der Waals surface area contributed by atoms with Crippen LogP contribution in [0, 0.1) is 0 Å². The number of ether oxygens (including phenoxy) is 2. The zero-order valence-electron chi connectivity index (χ0n) is 13.7. The predicted octanol–water partition coefficient (Wildman–Crippen LogP) is 5.87. The molecule has 3 rings (SSSR count). The molecular weight excluding hydrogens is 332 g/mol. The number of methoxy groups -OCH3 is 2. The third-order valence-electron chi connectivity index (χ3n) is 4.15. The van der Waals surface area contributed by atoms with Gasteiger partial charge in [-0.1, -0.05) is 62.0 Å². The van der Waals surface area contributed by atoms with Crippen molar-refractivity contribution in [3.63, 3.8) is 0 Å². The summed E-state index contributed by atoms with van der Waals surface area (Å²) in [5, 5.41) is 0. The molecule has 3 heteroatoms. The highest BCUT2D eigenvalue weighted by molar-refractivity contribution is 6.28. The van der Waals surface area contributed by atoms with Gasteiger partial charge in [0.1, 0.15) is 16.4 Å². The predicted molar refractivity (Wildman–Crippen MR) is 105 cm³/mol. The minimum absolute atomic E-state index is 0. The van der Waals surface area contributed by atoms with Crippen LogP contribution in [0.5, 0.6) is 11.5 Å². The fourth-order valence-corrected chi connectivity index (χ4v) is 3.19. The smallest absolute Gasteiger partial charge is 0.119 e. The molecule has 0 aliphatic rings. The molecule has 130 valence electrons. The first-order valence-electron chi connectivity index (χ1n) is 7.72. The van der Waals surface area contributed by atoms with Gasteiger partial charge in [-0.2, -0.15) is 0 Å². The standard InChI is InChI=1S/C21H19ClO2.CH4/c1-23-19-12-8-17(9-13-19)21(22,16-6-4-3-5-7-16)18-10-14-20(24-2)15-11-18;/h3-15H,1-2H3;1H4. The molecule has 0 amide bonds. The van der Waals surface area contributed by atoms with Gasteiger partial charge in [-0.25, -0.2) is 0 Å². The van der Waals surface area contributed by atoms with Crippen molar-refractivity contribution in [1.82, 2.24) is 0 Å². The molecule has 0 N–H and O–H groups in total. The molecule has 3 aromatic rings. The van der Waals surface area contributed by atoms with Crippen molar-refractivity contribution in [3.05, 3.63) is 95.6 Å². The van der Waals surface area contributed by atoms with Gasteiger partial charge in [0.2, 0.25) is 0 Å². The first-order valence-corrected chi connectivity index (χ1v) is 8.10. The van der Waals surface area contributed by atoms with Gasteiger partial charge in [0.15, 0.2) is 0 Å². The molecule has 0 radical (unpaired) electrons. The topological polar surface area (TPSA) is 18.5 Å². The van der Waals surface area contributed by atoms with Crippen molar-refractivity contribution >= 4 is 11.6 Å². The maximum Gasteiger partial charge on any atom is 0.119 e. The zero-order valence-corrected chi connectivity index (χ0v) is 14.5. The van der Waals surface area contributed by atoms with Crippen LogP contribution in [0.2, 0.25) is 0 Å². The summed E-state index contributed by atoms with van der Waals surface area (Å²) in [6, 6.07) is 25.8. The molecule has 0 aromatic heterocycles. The van der Waals surface area contributed by atoms with Crippen LogP contribution in [0.3, 0.4) is 0 Å². The van der Waals surface area contributed by atoms with Gasteiger partial charge in [0, 0.05) is 0 Å². The molecule has 0 atom stereocenters. The molecule has 0 heterocycles. The second kappa shape index (κ2) is 8.09. The van der Waals surface area contributed by atoms with E-state index in [1.54, 1.807) is 14.2 Å². The summed E-state index contributed by atoms with van der Waals surface area (Å²) in [7, 11) is 3.31. The average molecular weight is 355 g/mol. The van der Waals surface area contributed by atoms with Crippen LogP contribution in [0.15, 0.2) is 78.9 Å². The Morgan fingerprint density at radius 3 is 1.32 bits per heavy atom. The van der Waals surface area contributed by atoms with Crippen molar-refractivity contribution < 1.29 is 9.47 Å². The van der Waals surface area contributed by atoms with Crippen LogP contribution in [0.4, 0.5) is 0 Å². The number of alkyl halides is 1. The van der Waals surface area contributed by atoms with E-state index in [-0.39, 0.29) is 7.43 Å². The number of halogens is 1. The molecule has 0 fully saturated rings. The van der Waals surface area contributed by atoms with E-state index in [0.29, 0.717) is 0 Å². The van der Waals surface area contributed by atoms with Gasteiger partial charge in [-0.3, -0.25) is 0 Å². The lowest BCUT2D eigenvalue weighted by Gasteiger charge is -2.29. The number of hydrogen-bond acceptors (Lipinski definition) is 2. The summed E-state index contributed by atoms with van der Waals surface area (Å²) in [5.74, 6) is 1.61. The summed E-state index contributed by atoms with van der Waals surface area (Å²) in [6.45, 7) is 0. The number of benzene rings is 3. The highest BCUT2D eigenvalue weighted by atomic mass is 35.5. The van der Waals surface area contributed by atoms with E-state index in [1.165, 1.54) is 0 Å². The summed E-state index contributed by atoms with van der Waals surface area (Å²) in [6.07, 6.45) is 0. The van der Waals surface area contributed by atoms with Crippen LogP contribution >= 0.6 is 11.6 Å². The molecule has 0 bridgehead atoms.